The van der Waals surface area contributed by atoms with Gasteiger partial charge in [0.15, 0.2) is 0 Å². The summed E-state index contributed by atoms with van der Waals surface area (Å²) in [6.07, 6.45) is 0. The molecule has 3 N–H and O–H groups in total. The summed E-state index contributed by atoms with van der Waals surface area (Å²) in [5.41, 5.74) is 0.434. The molecule has 2 heterocycles. The standard InChI is InChI=1S/C22H15ClN4O4/c1-22(20(29)25-21(30)26-22)12-8-6-11(7-9-12)18-24-19(31-27-18)15-10-16(23)13-4-2-3-5-14(13)17(15)28/h2-10,28H,1H3,(H2,25,26,29,30). The van der Waals surface area contributed by atoms with E-state index in [0.29, 0.717) is 32.9 Å². The molecular weight excluding hydrogens is 420 g/mol. The molecule has 1 aliphatic rings. The number of halogens is 1. The van der Waals surface area contributed by atoms with Crippen LogP contribution in [-0.4, -0.2) is 27.2 Å². The van der Waals surface area contributed by atoms with Crippen LogP contribution in [0.4, 0.5) is 4.79 Å². The minimum atomic E-state index is -1.15. The van der Waals surface area contributed by atoms with E-state index in [9.17, 15) is 14.7 Å². The number of aromatic hydroxyl groups is 1. The molecule has 1 aromatic heterocycles. The quantitative estimate of drug-likeness (QED) is 0.420. The maximum Gasteiger partial charge on any atom is 0.322 e. The van der Waals surface area contributed by atoms with Gasteiger partial charge in [-0.05, 0) is 18.6 Å². The lowest BCUT2D eigenvalue weighted by molar-refractivity contribution is -0.123. The van der Waals surface area contributed by atoms with Crippen molar-refractivity contribution in [1.29, 1.82) is 0 Å². The second-order valence-electron chi connectivity index (χ2n) is 7.33. The van der Waals surface area contributed by atoms with Gasteiger partial charge in [-0.25, -0.2) is 4.79 Å². The number of phenolic OH excluding ortho intramolecular Hbond substituents is 1. The Morgan fingerprint density at radius 3 is 2.45 bits per heavy atom. The van der Waals surface area contributed by atoms with E-state index in [1.807, 2.05) is 12.1 Å². The van der Waals surface area contributed by atoms with Gasteiger partial charge in [-0.3, -0.25) is 10.1 Å². The lowest BCUT2D eigenvalue weighted by Crippen LogP contribution is -2.40. The average molecular weight is 435 g/mol. The number of aromatic nitrogens is 2. The summed E-state index contributed by atoms with van der Waals surface area (Å²) in [6.45, 7) is 1.63. The fourth-order valence-electron chi connectivity index (χ4n) is 3.63. The Morgan fingerprint density at radius 1 is 1.06 bits per heavy atom. The van der Waals surface area contributed by atoms with Gasteiger partial charge >= 0.3 is 6.03 Å². The van der Waals surface area contributed by atoms with Crippen molar-refractivity contribution in [3.05, 3.63) is 65.2 Å². The van der Waals surface area contributed by atoms with Gasteiger partial charge in [0.2, 0.25) is 5.82 Å². The topological polar surface area (TPSA) is 117 Å². The summed E-state index contributed by atoms with van der Waals surface area (Å²) in [7, 11) is 0. The van der Waals surface area contributed by atoms with Crippen LogP contribution in [0.25, 0.3) is 33.6 Å². The van der Waals surface area contributed by atoms with Crippen LogP contribution in [0.2, 0.25) is 5.02 Å². The number of hydrogen-bond acceptors (Lipinski definition) is 6. The van der Waals surface area contributed by atoms with E-state index in [0.717, 1.165) is 5.39 Å². The van der Waals surface area contributed by atoms with E-state index >= 15 is 0 Å². The smallest absolute Gasteiger partial charge is 0.322 e. The number of carbonyl (C=O) groups is 2. The van der Waals surface area contributed by atoms with Crippen molar-refractivity contribution >= 4 is 34.3 Å². The van der Waals surface area contributed by atoms with Crippen LogP contribution in [0, 0.1) is 0 Å². The van der Waals surface area contributed by atoms with Crippen molar-refractivity contribution in [2.75, 3.05) is 0 Å². The molecule has 1 unspecified atom stereocenters. The number of benzene rings is 3. The highest BCUT2D eigenvalue weighted by Crippen LogP contribution is 2.39. The molecular formula is C22H15ClN4O4. The molecule has 3 amide bonds. The number of carbonyl (C=O) groups excluding carboxylic acids is 2. The van der Waals surface area contributed by atoms with Gasteiger partial charge in [0.1, 0.15) is 11.3 Å². The fraction of sp³-hybridized carbons (Fsp3) is 0.0909. The Balaban J connectivity index is 1.49. The van der Waals surface area contributed by atoms with Crippen molar-refractivity contribution in [2.24, 2.45) is 0 Å². The van der Waals surface area contributed by atoms with E-state index in [4.69, 9.17) is 16.1 Å². The minimum Gasteiger partial charge on any atom is -0.506 e. The first kappa shape index (κ1) is 19.1. The first-order valence-electron chi connectivity index (χ1n) is 9.35. The van der Waals surface area contributed by atoms with Crippen molar-refractivity contribution in [2.45, 2.75) is 12.5 Å². The number of fused-ring (bicyclic) bond motifs is 1. The highest BCUT2D eigenvalue weighted by atomic mass is 35.5. The number of hydrogen-bond donors (Lipinski definition) is 3. The van der Waals surface area contributed by atoms with Crippen LogP contribution >= 0.6 is 11.6 Å². The first-order chi connectivity index (χ1) is 14.9. The van der Waals surface area contributed by atoms with Gasteiger partial charge < -0.3 is 14.9 Å². The summed E-state index contributed by atoms with van der Waals surface area (Å²) in [6, 6.07) is 15.1. The van der Waals surface area contributed by atoms with Gasteiger partial charge in [0.25, 0.3) is 11.8 Å². The van der Waals surface area contributed by atoms with Gasteiger partial charge in [-0.2, -0.15) is 4.98 Å². The van der Waals surface area contributed by atoms with Crippen molar-refractivity contribution in [3.8, 4) is 28.6 Å². The predicted octanol–water partition coefficient (Wildman–Crippen LogP) is 3.97. The monoisotopic (exact) mass is 434 g/mol. The number of nitrogens with zero attached hydrogens (tertiary/aromatic N) is 2. The van der Waals surface area contributed by atoms with E-state index in [-0.39, 0.29) is 11.6 Å². The Kier molecular flexibility index (Phi) is 4.19. The summed E-state index contributed by atoms with van der Waals surface area (Å²) in [5, 5.41) is 21.3. The zero-order chi connectivity index (χ0) is 21.8. The zero-order valence-electron chi connectivity index (χ0n) is 16.1. The molecule has 1 atom stereocenters. The number of imide groups is 1. The third-order valence-corrected chi connectivity index (χ3v) is 5.70. The van der Waals surface area contributed by atoms with E-state index in [1.165, 1.54) is 0 Å². The van der Waals surface area contributed by atoms with Crippen LogP contribution in [0.1, 0.15) is 12.5 Å². The largest absolute Gasteiger partial charge is 0.506 e. The van der Waals surface area contributed by atoms with Gasteiger partial charge in [-0.1, -0.05) is 65.3 Å². The van der Waals surface area contributed by atoms with Gasteiger partial charge in [0.05, 0.1) is 5.56 Å². The zero-order valence-corrected chi connectivity index (χ0v) is 16.9. The Morgan fingerprint density at radius 2 is 1.77 bits per heavy atom. The Labute approximate surface area is 180 Å². The molecule has 1 aliphatic heterocycles. The molecule has 9 heteroatoms. The molecule has 0 bridgehead atoms. The molecule has 8 nitrogen and oxygen atoms in total. The Hall–Kier alpha value is -3.91. The molecule has 4 aromatic rings. The van der Waals surface area contributed by atoms with Crippen molar-refractivity contribution in [3.63, 3.8) is 0 Å². The first-order valence-corrected chi connectivity index (χ1v) is 9.73. The van der Waals surface area contributed by atoms with Crippen LogP contribution in [-0.2, 0) is 10.3 Å². The SMILES string of the molecule is CC1(c2ccc(-c3noc(-c4cc(Cl)c5ccccc5c4O)n3)cc2)NC(=O)NC1=O. The third-order valence-electron chi connectivity index (χ3n) is 5.39. The summed E-state index contributed by atoms with van der Waals surface area (Å²) in [5.74, 6) is 0.00568. The molecule has 0 aliphatic carbocycles. The Bertz CT molecular complexity index is 1370. The van der Waals surface area contributed by atoms with Crippen molar-refractivity contribution < 1.29 is 19.2 Å². The second-order valence-corrected chi connectivity index (χ2v) is 7.74. The van der Waals surface area contributed by atoms with Crippen molar-refractivity contribution in [1.82, 2.24) is 20.8 Å². The van der Waals surface area contributed by atoms with E-state index in [2.05, 4.69) is 20.8 Å². The molecule has 5 rings (SSSR count). The molecule has 31 heavy (non-hydrogen) atoms. The van der Waals surface area contributed by atoms with E-state index < -0.39 is 17.5 Å². The second kappa shape index (κ2) is 6.82. The number of phenols is 1. The van der Waals surface area contributed by atoms with Crippen LogP contribution in [0.15, 0.2) is 59.1 Å². The lowest BCUT2D eigenvalue weighted by Gasteiger charge is -2.20. The van der Waals surface area contributed by atoms with E-state index in [1.54, 1.807) is 49.4 Å². The summed E-state index contributed by atoms with van der Waals surface area (Å²) in [4.78, 5) is 28.0. The highest BCUT2D eigenvalue weighted by molar-refractivity contribution is 6.36. The van der Waals surface area contributed by atoms with Gasteiger partial charge in [0, 0.05) is 21.4 Å². The molecule has 1 fully saturated rings. The maximum atomic E-state index is 12.1. The molecule has 0 spiro atoms. The van der Waals surface area contributed by atoms with Crippen LogP contribution < -0.4 is 10.6 Å². The average Bonchev–Trinajstić information content (AvgIpc) is 3.36. The highest BCUT2D eigenvalue weighted by Gasteiger charge is 2.43. The minimum absolute atomic E-state index is 0.00135. The number of urea groups is 1. The molecule has 0 radical (unpaired) electrons. The summed E-state index contributed by atoms with van der Waals surface area (Å²) >= 11 is 6.36. The maximum absolute atomic E-state index is 12.1. The number of nitrogens with one attached hydrogen (secondary N) is 2. The van der Waals surface area contributed by atoms with Crippen LogP contribution in [0.3, 0.4) is 0 Å². The van der Waals surface area contributed by atoms with Gasteiger partial charge in [-0.15, -0.1) is 0 Å². The molecule has 154 valence electrons. The van der Waals surface area contributed by atoms with Crippen LogP contribution in [0.5, 0.6) is 5.75 Å². The molecule has 1 saturated heterocycles. The number of rotatable bonds is 3. The molecule has 0 saturated carbocycles. The third kappa shape index (κ3) is 3.00. The summed E-state index contributed by atoms with van der Waals surface area (Å²) < 4.78 is 5.37. The molecule has 3 aromatic carbocycles. The number of amides is 3. The predicted molar refractivity (Wildman–Crippen MR) is 113 cm³/mol. The lowest BCUT2D eigenvalue weighted by atomic mass is 9.91. The fourth-order valence-corrected chi connectivity index (χ4v) is 3.90. The normalized spacial score (nSPS) is 18.3.